The van der Waals surface area contributed by atoms with Crippen LogP contribution in [-0.4, -0.2) is 39.8 Å². The number of carbonyl (C=O) groups is 2. The van der Waals surface area contributed by atoms with Crippen molar-refractivity contribution in [2.24, 2.45) is 0 Å². The highest BCUT2D eigenvalue weighted by molar-refractivity contribution is 8.24. The lowest BCUT2D eigenvalue weighted by Gasteiger charge is -2.13. The smallest absolute Gasteiger partial charge is 0.341 e. The maximum atomic E-state index is 11.7. The van der Waals surface area contributed by atoms with E-state index in [4.69, 9.17) is 26.8 Å². The number of hydrogen-bond donors (Lipinski definition) is 2. The van der Waals surface area contributed by atoms with Crippen molar-refractivity contribution in [3.8, 4) is 11.5 Å². The van der Waals surface area contributed by atoms with Crippen molar-refractivity contribution in [1.29, 1.82) is 0 Å². The van der Waals surface area contributed by atoms with E-state index in [1.807, 2.05) is 6.92 Å². The molecule has 22 heavy (non-hydrogen) atoms. The number of ether oxygens (including phenoxy) is 2. The summed E-state index contributed by atoms with van der Waals surface area (Å²) >= 11 is 6.29. The van der Waals surface area contributed by atoms with Gasteiger partial charge in [0.15, 0.2) is 18.1 Å². The third-order valence-corrected chi connectivity index (χ3v) is 4.22. The van der Waals surface area contributed by atoms with Gasteiger partial charge in [0.25, 0.3) is 0 Å². The van der Waals surface area contributed by atoms with Gasteiger partial charge >= 0.3 is 5.97 Å². The molecular formula is C14H15NO5S2. The molecule has 0 bridgehead atoms. The Balaban J connectivity index is 2.12. The zero-order chi connectivity index (χ0) is 16.1. The molecule has 1 heterocycles. The van der Waals surface area contributed by atoms with E-state index in [0.29, 0.717) is 28.8 Å². The highest BCUT2D eigenvalue weighted by Crippen LogP contribution is 2.31. The number of benzene rings is 1. The van der Waals surface area contributed by atoms with E-state index in [-0.39, 0.29) is 11.2 Å². The number of carboxylic acid groups (broad SMARTS) is 1. The number of thiocarbonyl (C=S) groups is 1. The number of carboxylic acids is 1. The van der Waals surface area contributed by atoms with Gasteiger partial charge in [-0.2, -0.15) is 0 Å². The first-order chi connectivity index (χ1) is 10.5. The number of amides is 1. The first-order valence-corrected chi connectivity index (χ1v) is 7.90. The third kappa shape index (κ3) is 4.35. The molecule has 1 aromatic rings. The molecule has 1 aromatic carbocycles. The van der Waals surface area contributed by atoms with Crippen molar-refractivity contribution in [3.05, 3.63) is 23.8 Å². The van der Waals surface area contributed by atoms with E-state index in [0.717, 1.165) is 5.56 Å². The molecule has 0 radical (unpaired) electrons. The fourth-order valence-corrected chi connectivity index (χ4v) is 3.26. The van der Waals surface area contributed by atoms with E-state index in [1.54, 1.807) is 18.2 Å². The van der Waals surface area contributed by atoms with Gasteiger partial charge in [0.05, 0.1) is 11.9 Å². The highest BCUT2D eigenvalue weighted by Gasteiger charge is 2.29. The van der Waals surface area contributed by atoms with E-state index >= 15 is 0 Å². The lowest BCUT2D eigenvalue weighted by molar-refractivity contribution is -0.139. The maximum Gasteiger partial charge on any atom is 0.341 e. The van der Waals surface area contributed by atoms with E-state index in [2.05, 4.69) is 5.32 Å². The predicted octanol–water partition coefficient (Wildman–Crippen LogP) is 1.61. The van der Waals surface area contributed by atoms with Crippen LogP contribution < -0.4 is 14.8 Å². The standard InChI is InChI=1S/C14H15NO5S2/c1-2-19-10-5-8(3-4-9(10)20-7-12(16)17)6-11-13(18)15-14(21)22-11/h3-5,11H,2,6-7H2,1H3,(H,16,17)(H,15,18,21). The zero-order valence-electron chi connectivity index (χ0n) is 11.8. The van der Waals surface area contributed by atoms with Crippen LogP contribution in [0.5, 0.6) is 11.5 Å². The summed E-state index contributed by atoms with van der Waals surface area (Å²) in [5.74, 6) is -0.322. The van der Waals surface area contributed by atoms with Crippen molar-refractivity contribution < 1.29 is 24.2 Å². The number of aliphatic carboxylic acids is 1. The Kier molecular flexibility index (Phi) is 5.62. The highest BCUT2D eigenvalue weighted by atomic mass is 32.2. The van der Waals surface area contributed by atoms with Gasteiger partial charge in [0.2, 0.25) is 5.91 Å². The predicted molar refractivity (Wildman–Crippen MR) is 86.6 cm³/mol. The SMILES string of the molecule is CCOc1cc(CC2SC(=S)NC2=O)ccc1OCC(=O)O. The second kappa shape index (κ2) is 7.46. The first-order valence-electron chi connectivity index (χ1n) is 6.61. The minimum absolute atomic E-state index is 0.0980. The van der Waals surface area contributed by atoms with Crippen molar-refractivity contribution >= 4 is 40.2 Å². The van der Waals surface area contributed by atoms with Crippen LogP contribution >= 0.6 is 24.0 Å². The molecule has 2 rings (SSSR count). The Labute approximate surface area is 137 Å². The van der Waals surface area contributed by atoms with Gasteiger partial charge < -0.3 is 19.9 Å². The molecule has 0 aromatic heterocycles. The van der Waals surface area contributed by atoms with Gasteiger partial charge in [-0.15, -0.1) is 0 Å². The van der Waals surface area contributed by atoms with Crippen molar-refractivity contribution in [3.63, 3.8) is 0 Å². The molecular weight excluding hydrogens is 326 g/mol. The monoisotopic (exact) mass is 341 g/mol. The average molecular weight is 341 g/mol. The number of nitrogens with one attached hydrogen (secondary N) is 1. The van der Waals surface area contributed by atoms with Crippen molar-refractivity contribution in [2.75, 3.05) is 13.2 Å². The lowest BCUT2D eigenvalue weighted by atomic mass is 10.1. The van der Waals surface area contributed by atoms with E-state index in [1.165, 1.54) is 11.8 Å². The topological polar surface area (TPSA) is 84.9 Å². The van der Waals surface area contributed by atoms with Gasteiger partial charge in [-0.1, -0.05) is 30.0 Å². The summed E-state index contributed by atoms with van der Waals surface area (Å²) in [4.78, 5) is 22.3. The molecule has 1 amide bonds. The molecule has 1 aliphatic heterocycles. The van der Waals surface area contributed by atoms with Gasteiger partial charge in [0.1, 0.15) is 4.32 Å². The maximum absolute atomic E-state index is 11.7. The summed E-state index contributed by atoms with van der Waals surface area (Å²) in [6.45, 7) is 1.82. The molecule has 1 aliphatic rings. The molecule has 0 spiro atoms. The molecule has 6 nitrogen and oxygen atoms in total. The molecule has 0 saturated carbocycles. The van der Waals surface area contributed by atoms with Gasteiger partial charge in [-0.05, 0) is 31.0 Å². The summed E-state index contributed by atoms with van der Waals surface area (Å²) in [7, 11) is 0. The molecule has 2 N–H and O–H groups in total. The third-order valence-electron chi connectivity index (χ3n) is 2.85. The summed E-state index contributed by atoms with van der Waals surface area (Å²) in [5, 5.41) is 11.0. The minimum Gasteiger partial charge on any atom is -0.490 e. The molecule has 118 valence electrons. The van der Waals surface area contributed by atoms with Crippen LogP contribution in [0.4, 0.5) is 0 Å². The van der Waals surface area contributed by atoms with Crippen LogP contribution in [0.2, 0.25) is 0 Å². The largest absolute Gasteiger partial charge is 0.490 e. The van der Waals surface area contributed by atoms with E-state index < -0.39 is 12.6 Å². The summed E-state index contributed by atoms with van der Waals surface area (Å²) < 4.78 is 11.1. The second-order valence-electron chi connectivity index (χ2n) is 4.48. The summed E-state index contributed by atoms with van der Waals surface area (Å²) in [6.07, 6.45) is 0.510. The second-order valence-corrected chi connectivity index (χ2v) is 6.36. The van der Waals surface area contributed by atoms with Crippen LogP contribution in [-0.2, 0) is 16.0 Å². The molecule has 8 heteroatoms. The van der Waals surface area contributed by atoms with Gasteiger partial charge in [0, 0.05) is 0 Å². The number of carbonyl (C=O) groups excluding carboxylic acids is 1. The Morgan fingerprint density at radius 3 is 2.77 bits per heavy atom. The quantitative estimate of drug-likeness (QED) is 0.729. The van der Waals surface area contributed by atoms with E-state index in [9.17, 15) is 9.59 Å². The molecule has 1 unspecified atom stereocenters. The zero-order valence-corrected chi connectivity index (χ0v) is 13.5. The van der Waals surface area contributed by atoms with Crippen LogP contribution in [0.3, 0.4) is 0 Å². The lowest BCUT2D eigenvalue weighted by Crippen LogP contribution is -2.25. The Bertz CT molecular complexity index is 605. The average Bonchev–Trinajstić information content (AvgIpc) is 2.76. The fourth-order valence-electron chi connectivity index (χ4n) is 1.95. The van der Waals surface area contributed by atoms with Crippen LogP contribution in [0, 0.1) is 0 Å². The summed E-state index contributed by atoms with van der Waals surface area (Å²) in [6, 6.07) is 5.20. The molecule has 1 fully saturated rings. The normalized spacial score (nSPS) is 17.2. The van der Waals surface area contributed by atoms with Crippen molar-refractivity contribution in [1.82, 2.24) is 5.32 Å². The number of rotatable bonds is 7. The van der Waals surface area contributed by atoms with Crippen LogP contribution in [0.1, 0.15) is 12.5 Å². The fraction of sp³-hybridized carbons (Fsp3) is 0.357. The minimum atomic E-state index is -1.06. The van der Waals surface area contributed by atoms with Crippen LogP contribution in [0.25, 0.3) is 0 Å². The Morgan fingerprint density at radius 2 is 2.18 bits per heavy atom. The molecule has 1 saturated heterocycles. The van der Waals surface area contributed by atoms with Crippen molar-refractivity contribution in [2.45, 2.75) is 18.6 Å². The Morgan fingerprint density at radius 1 is 1.41 bits per heavy atom. The molecule has 1 atom stereocenters. The number of thioether (sulfide) groups is 1. The summed E-state index contributed by atoms with van der Waals surface area (Å²) in [5.41, 5.74) is 0.892. The van der Waals surface area contributed by atoms with Gasteiger partial charge in [-0.3, -0.25) is 4.79 Å². The first kappa shape index (κ1) is 16.6. The molecule has 0 aliphatic carbocycles. The van der Waals surface area contributed by atoms with Gasteiger partial charge in [-0.25, -0.2) is 4.79 Å². The van der Waals surface area contributed by atoms with Crippen LogP contribution in [0.15, 0.2) is 18.2 Å². The number of hydrogen-bond acceptors (Lipinski definition) is 6. The Hall–Kier alpha value is -1.80.